The van der Waals surface area contributed by atoms with Crippen LogP contribution in [0.5, 0.6) is 0 Å². The van der Waals surface area contributed by atoms with E-state index in [1.807, 2.05) is 6.20 Å². The zero-order valence-electron chi connectivity index (χ0n) is 16.5. The number of hydrogen-bond donors (Lipinski definition) is 1. The molecule has 5 nitrogen and oxygen atoms in total. The summed E-state index contributed by atoms with van der Waals surface area (Å²) >= 11 is 0. The van der Waals surface area contributed by atoms with E-state index in [0.717, 1.165) is 36.5 Å². The highest BCUT2D eigenvalue weighted by Crippen LogP contribution is 2.41. The van der Waals surface area contributed by atoms with Gasteiger partial charge in [-0.05, 0) is 61.2 Å². The molecule has 1 saturated carbocycles. The number of anilines is 1. The molecule has 1 aliphatic carbocycles. The zero-order valence-corrected chi connectivity index (χ0v) is 17.3. The zero-order chi connectivity index (χ0) is 19.8. The summed E-state index contributed by atoms with van der Waals surface area (Å²) in [5.41, 5.74) is 3.93. The Morgan fingerprint density at radius 1 is 0.967 bits per heavy atom. The first-order valence-corrected chi connectivity index (χ1v) is 10.1. The first-order valence-electron chi connectivity index (χ1n) is 10.1. The van der Waals surface area contributed by atoms with E-state index in [9.17, 15) is 8.78 Å². The van der Waals surface area contributed by atoms with Gasteiger partial charge in [0.25, 0.3) is 0 Å². The molecule has 158 valence electrons. The summed E-state index contributed by atoms with van der Waals surface area (Å²) in [7, 11) is 0. The first kappa shape index (κ1) is 20.8. The lowest BCUT2D eigenvalue weighted by atomic mass is 10.1. The van der Waals surface area contributed by atoms with Crippen LogP contribution in [0.1, 0.15) is 36.4 Å². The van der Waals surface area contributed by atoms with Crippen molar-refractivity contribution in [2.45, 2.75) is 37.8 Å². The van der Waals surface area contributed by atoms with Crippen molar-refractivity contribution in [3.8, 4) is 5.69 Å². The van der Waals surface area contributed by atoms with E-state index in [1.54, 1.807) is 10.7 Å². The minimum atomic E-state index is -0.802. The lowest BCUT2D eigenvalue weighted by molar-refractivity contribution is 0.506. The maximum Gasteiger partial charge on any atom is 0.159 e. The molecule has 2 aliphatic rings. The van der Waals surface area contributed by atoms with Gasteiger partial charge in [-0.2, -0.15) is 0 Å². The Bertz CT molecular complexity index is 1000. The molecule has 3 aromatic rings. The van der Waals surface area contributed by atoms with Crippen LogP contribution in [0.2, 0.25) is 0 Å². The summed E-state index contributed by atoms with van der Waals surface area (Å²) in [5, 5.41) is 11.9. The molecular formula is C22H24ClF2N5. The van der Waals surface area contributed by atoms with Crippen LogP contribution in [0.3, 0.4) is 0 Å². The Kier molecular flexibility index (Phi) is 6.01. The minimum absolute atomic E-state index is 0. The monoisotopic (exact) mass is 431 g/mol. The summed E-state index contributed by atoms with van der Waals surface area (Å²) < 4.78 is 28.3. The van der Waals surface area contributed by atoms with Crippen LogP contribution in [-0.2, 0) is 6.54 Å². The van der Waals surface area contributed by atoms with E-state index in [-0.39, 0.29) is 24.4 Å². The largest absolute Gasteiger partial charge is 0.372 e. The lowest BCUT2D eigenvalue weighted by Gasteiger charge is -2.17. The van der Waals surface area contributed by atoms with Crippen LogP contribution >= 0.6 is 12.4 Å². The Balaban J connectivity index is 0.00000218. The molecule has 0 unspecified atom stereocenters. The average molecular weight is 432 g/mol. The van der Waals surface area contributed by atoms with Crippen molar-refractivity contribution in [2.75, 3.05) is 18.0 Å². The molecule has 1 N–H and O–H groups in total. The molecule has 0 amide bonds. The maximum absolute atomic E-state index is 13.4. The van der Waals surface area contributed by atoms with Gasteiger partial charge in [-0.15, -0.1) is 17.5 Å². The normalized spacial score (nSPS) is 20.3. The van der Waals surface area contributed by atoms with Crippen LogP contribution in [0.15, 0.2) is 48.7 Å². The second-order valence-electron chi connectivity index (χ2n) is 7.87. The third-order valence-electron chi connectivity index (χ3n) is 5.83. The van der Waals surface area contributed by atoms with Crippen LogP contribution in [0.4, 0.5) is 14.5 Å². The Labute approximate surface area is 180 Å². The van der Waals surface area contributed by atoms with Crippen molar-refractivity contribution >= 4 is 18.1 Å². The van der Waals surface area contributed by atoms with Crippen LogP contribution in [0, 0.1) is 11.6 Å². The molecular weight excluding hydrogens is 408 g/mol. The fourth-order valence-electron chi connectivity index (χ4n) is 4.06. The van der Waals surface area contributed by atoms with Gasteiger partial charge in [0.15, 0.2) is 11.6 Å². The van der Waals surface area contributed by atoms with Crippen molar-refractivity contribution in [2.24, 2.45) is 0 Å². The van der Waals surface area contributed by atoms with E-state index in [4.69, 9.17) is 0 Å². The number of nitrogens with one attached hydrogen (secondary N) is 1. The predicted octanol–water partition coefficient (Wildman–Crippen LogP) is 4.21. The van der Waals surface area contributed by atoms with E-state index in [1.165, 1.54) is 30.7 Å². The molecule has 2 fully saturated rings. The number of halogens is 3. The molecule has 5 rings (SSSR count). The number of rotatable bonds is 6. The van der Waals surface area contributed by atoms with E-state index < -0.39 is 11.6 Å². The minimum Gasteiger partial charge on any atom is -0.372 e. The second-order valence-corrected chi connectivity index (χ2v) is 7.87. The van der Waals surface area contributed by atoms with E-state index in [0.29, 0.717) is 6.54 Å². The van der Waals surface area contributed by atoms with E-state index in [2.05, 4.69) is 44.8 Å². The van der Waals surface area contributed by atoms with Crippen molar-refractivity contribution in [3.63, 3.8) is 0 Å². The van der Waals surface area contributed by atoms with Crippen molar-refractivity contribution in [3.05, 3.63) is 71.6 Å². The SMILES string of the molecule is Cl.Fc1ccc([C@@H]2C[C@H]2NCc2cn(-c3ccc(N4CCCC4)cc3)nn2)cc1F. The van der Waals surface area contributed by atoms with Gasteiger partial charge in [0.2, 0.25) is 0 Å². The van der Waals surface area contributed by atoms with Gasteiger partial charge in [-0.25, -0.2) is 13.5 Å². The summed E-state index contributed by atoms with van der Waals surface area (Å²) in [5.74, 6) is -1.37. The van der Waals surface area contributed by atoms with Gasteiger partial charge >= 0.3 is 0 Å². The quantitative estimate of drug-likeness (QED) is 0.635. The molecule has 0 radical (unpaired) electrons. The smallest absolute Gasteiger partial charge is 0.159 e. The number of hydrogen-bond acceptors (Lipinski definition) is 4. The molecule has 1 saturated heterocycles. The van der Waals surface area contributed by atoms with Crippen LogP contribution in [0.25, 0.3) is 5.69 Å². The predicted molar refractivity (Wildman–Crippen MR) is 114 cm³/mol. The van der Waals surface area contributed by atoms with Crippen molar-refractivity contribution < 1.29 is 8.78 Å². The van der Waals surface area contributed by atoms with Gasteiger partial charge in [0, 0.05) is 37.3 Å². The third kappa shape index (κ3) is 4.32. The average Bonchev–Trinajstić information content (AvgIpc) is 3.11. The standard InChI is InChI=1S/C22H23F2N5.ClH/c23-20-8-3-15(11-21(20)24)19-12-22(19)25-13-16-14-29(27-26-16)18-6-4-17(5-7-18)28-9-1-2-10-28;/h3-8,11,14,19,22,25H,1-2,9-10,12-13H2;1H/t19-,22+;/m0./s1. The van der Waals surface area contributed by atoms with Crippen LogP contribution in [-0.4, -0.2) is 34.1 Å². The Morgan fingerprint density at radius 3 is 2.43 bits per heavy atom. The summed E-state index contributed by atoms with van der Waals surface area (Å²) in [6.07, 6.45) is 5.36. The Hall–Kier alpha value is -2.51. The Morgan fingerprint density at radius 2 is 1.70 bits per heavy atom. The second kappa shape index (κ2) is 8.70. The van der Waals surface area contributed by atoms with Crippen molar-refractivity contribution in [1.82, 2.24) is 20.3 Å². The van der Waals surface area contributed by atoms with Gasteiger partial charge in [-0.3, -0.25) is 0 Å². The number of nitrogens with zero attached hydrogens (tertiary/aromatic N) is 4. The topological polar surface area (TPSA) is 46.0 Å². The highest BCUT2D eigenvalue weighted by atomic mass is 35.5. The van der Waals surface area contributed by atoms with Gasteiger partial charge in [0.05, 0.1) is 17.6 Å². The van der Waals surface area contributed by atoms with Gasteiger partial charge < -0.3 is 10.2 Å². The molecule has 2 heterocycles. The molecule has 2 atom stereocenters. The fourth-order valence-corrected chi connectivity index (χ4v) is 4.06. The maximum atomic E-state index is 13.4. The third-order valence-corrected chi connectivity index (χ3v) is 5.83. The summed E-state index contributed by atoms with van der Waals surface area (Å²) in [6.45, 7) is 2.85. The first-order chi connectivity index (χ1) is 14.2. The highest BCUT2D eigenvalue weighted by molar-refractivity contribution is 5.85. The molecule has 2 aromatic carbocycles. The van der Waals surface area contributed by atoms with E-state index >= 15 is 0 Å². The van der Waals surface area contributed by atoms with Gasteiger partial charge in [0.1, 0.15) is 0 Å². The van der Waals surface area contributed by atoms with Crippen molar-refractivity contribution in [1.29, 1.82) is 0 Å². The lowest BCUT2D eigenvalue weighted by Crippen LogP contribution is -2.17. The fraction of sp³-hybridized carbons (Fsp3) is 0.364. The van der Waals surface area contributed by atoms with Crippen LogP contribution < -0.4 is 10.2 Å². The summed E-state index contributed by atoms with van der Waals surface area (Å²) in [6, 6.07) is 12.8. The molecule has 1 aromatic heterocycles. The summed E-state index contributed by atoms with van der Waals surface area (Å²) in [4.78, 5) is 2.40. The number of aromatic nitrogens is 3. The number of benzene rings is 2. The molecule has 0 bridgehead atoms. The molecule has 0 spiro atoms. The molecule has 1 aliphatic heterocycles. The van der Waals surface area contributed by atoms with Gasteiger partial charge in [-0.1, -0.05) is 11.3 Å². The molecule has 30 heavy (non-hydrogen) atoms. The molecule has 8 heteroatoms. The highest BCUT2D eigenvalue weighted by Gasteiger charge is 2.38.